The van der Waals surface area contributed by atoms with Crippen molar-refractivity contribution in [3.63, 3.8) is 0 Å². The van der Waals surface area contributed by atoms with E-state index in [1.807, 2.05) is 0 Å². The van der Waals surface area contributed by atoms with Crippen molar-refractivity contribution in [3.05, 3.63) is 0 Å². The van der Waals surface area contributed by atoms with Crippen LogP contribution in [0.2, 0.25) is 0 Å². The van der Waals surface area contributed by atoms with Gasteiger partial charge in [0.2, 0.25) is 0 Å². The van der Waals surface area contributed by atoms with Gasteiger partial charge in [-0.25, -0.2) is 0 Å². The smallest absolute Gasteiger partial charge is 0.0812 e. The van der Waals surface area contributed by atoms with Crippen molar-refractivity contribution >= 4 is 0 Å². The molecule has 1 aliphatic rings. The van der Waals surface area contributed by atoms with Gasteiger partial charge in [0.15, 0.2) is 0 Å². The summed E-state index contributed by atoms with van der Waals surface area (Å²) in [5.74, 6) is 1.88. The van der Waals surface area contributed by atoms with E-state index in [0.29, 0.717) is 0 Å². The third kappa shape index (κ3) is 2.01. The molecule has 0 unspecified atom stereocenters. The molecule has 0 aromatic rings. The fourth-order valence-corrected chi connectivity index (χ4v) is 2.97. The highest BCUT2D eigenvalue weighted by Gasteiger charge is 2.33. The molecule has 12 heavy (non-hydrogen) atoms. The van der Waals surface area contributed by atoms with E-state index in [0.717, 1.165) is 11.8 Å². The zero-order chi connectivity index (χ0) is 9.19. The first kappa shape index (κ1) is 10.0. The molecule has 2 atom stereocenters. The predicted molar refractivity (Wildman–Crippen MR) is 54.0 cm³/mol. The quantitative estimate of drug-likeness (QED) is 0.559. The molecule has 1 saturated heterocycles. The van der Waals surface area contributed by atoms with Crippen LogP contribution in [-0.2, 0) is 0 Å². The molecule has 0 aromatic carbocycles. The second kappa shape index (κ2) is 3.78. The fourth-order valence-electron chi connectivity index (χ4n) is 2.97. The molecule has 1 nitrogen and oxygen atoms in total. The van der Waals surface area contributed by atoms with Gasteiger partial charge in [0.1, 0.15) is 0 Å². The van der Waals surface area contributed by atoms with Gasteiger partial charge in [-0.2, -0.15) is 0 Å². The molecule has 0 spiro atoms. The highest BCUT2D eigenvalue weighted by Crippen LogP contribution is 2.26. The van der Waals surface area contributed by atoms with Gasteiger partial charge in [-0.15, -0.1) is 0 Å². The second-order valence-corrected chi connectivity index (χ2v) is 4.79. The molecule has 0 N–H and O–H groups in total. The van der Waals surface area contributed by atoms with Crippen molar-refractivity contribution in [1.29, 1.82) is 0 Å². The minimum Gasteiger partial charge on any atom is -0.324 e. The zero-order valence-electron chi connectivity index (χ0n) is 9.14. The van der Waals surface area contributed by atoms with E-state index in [4.69, 9.17) is 0 Å². The molecule has 0 bridgehead atoms. The maximum Gasteiger partial charge on any atom is 0.0812 e. The lowest BCUT2D eigenvalue weighted by Gasteiger charge is -2.45. The average Bonchev–Trinajstić information content (AvgIpc) is 2.02. The van der Waals surface area contributed by atoms with E-state index in [1.54, 1.807) is 0 Å². The van der Waals surface area contributed by atoms with Gasteiger partial charge in [-0.05, 0) is 20.3 Å². The van der Waals surface area contributed by atoms with E-state index in [2.05, 4.69) is 27.7 Å². The van der Waals surface area contributed by atoms with Gasteiger partial charge in [0.25, 0.3) is 0 Å². The molecule has 0 aliphatic carbocycles. The molecule has 0 amide bonds. The Hall–Kier alpha value is -0.0400. The van der Waals surface area contributed by atoms with Crippen molar-refractivity contribution in [2.24, 2.45) is 11.8 Å². The minimum absolute atomic E-state index is 0.939. The first-order valence-electron chi connectivity index (χ1n) is 5.47. The lowest BCUT2D eigenvalue weighted by Crippen LogP contribution is -2.55. The van der Waals surface area contributed by atoms with Gasteiger partial charge >= 0.3 is 0 Å². The number of hydrogen-bond acceptors (Lipinski definition) is 0. The van der Waals surface area contributed by atoms with Gasteiger partial charge in [0.05, 0.1) is 26.2 Å². The Morgan fingerprint density at radius 3 is 1.75 bits per heavy atom. The van der Waals surface area contributed by atoms with Crippen molar-refractivity contribution < 1.29 is 4.48 Å². The molecular weight excluding hydrogens is 146 g/mol. The largest absolute Gasteiger partial charge is 0.324 e. The summed E-state index contributed by atoms with van der Waals surface area (Å²) in [6, 6.07) is 0. The summed E-state index contributed by atoms with van der Waals surface area (Å²) in [4.78, 5) is 0. The van der Waals surface area contributed by atoms with Crippen LogP contribution in [0.3, 0.4) is 0 Å². The zero-order valence-corrected chi connectivity index (χ0v) is 9.14. The summed E-state index contributed by atoms with van der Waals surface area (Å²) < 4.78 is 1.36. The first-order valence-corrected chi connectivity index (χ1v) is 5.47. The minimum atomic E-state index is 0.939. The van der Waals surface area contributed by atoms with Crippen molar-refractivity contribution in [2.75, 3.05) is 26.2 Å². The number of likely N-dealkylation sites (tertiary alicyclic amines) is 1. The molecule has 1 heteroatoms. The van der Waals surface area contributed by atoms with Crippen molar-refractivity contribution in [3.8, 4) is 0 Å². The predicted octanol–water partition coefficient (Wildman–Crippen LogP) is 2.52. The Bertz CT molecular complexity index is 126. The summed E-state index contributed by atoms with van der Waals surface area (Å²) in [7, 11) is 0. The van der Waals surface area contributed by atoms with Crippen LogP contribution < -0.4 is 0 Å². The Morgan fingerprint density at radius 2 is 1.42 bits per heavy atom. The molecule has 0 saturated carbocycles. The normalized spacial score (nSPS) is 35.0. The first-order chi connectivity index (χ1) is 5.62. The van der Waals surface area contributed by atoms with Crippen molar-refractivity contribution in [2.45, 2.75) is 34.1 Å². The summed E-state index contributed by atoms with van der Waals surface area (Å²) in [6.45, 7) is 15.0. The van der Waals surface area contributed by atoms with E-state index in [9.17, 15) is 0 Å². The van der Waals surface area contributed by atoms with E-state index < -0.39 is 0 Å². The van der Waals surface area contributed by atoms with Gasteiger partial charge < -0.3 is 4.48 Å². The standard InChI is InChI=1S/C11H24N/c1-5-12(6-2)8-10(3)7-11(4)9-12/h10-11H,5-9H2,1-4H3/q+1/t10-,11-/m0/s1. The Morgan fingerprint density at radius 1 is 1.00 bits per heavy atom. The van der Waals surface area contributed by atoms with Crippen LogP contribution in [0.5, 0.6) is 0 Å². The Kier molecular flexibility index (Phi) is 3.16. The Labute approximate surface area is 77.4 Å². The van der Waals surface area contributed by atoms with Gasteiger partial charge in [-0.1, -0.05) is 13.8 Å². The molecule has 1 fully saturated rings. The monoisotopic (exact) mass is 170 g/mol. The molecule has 1 heterocycles. The van der Waals surface area contributed by atoms with E-state index in [-0.39, 0.29) is 0 Å². The van der Waals surface area contributed by atoms with Crippen LogP contribution in [0.4, 0.5) is 0 Å². The van der Waals surface area contributed by atoms with Crippen molar-refractivity contribution in [1.82, 2.24) is 0 Å². The number of rotatable bonds is 2. The SMILES string of the molecule is CC[N+]1(CC)C[C@@H](C)C[C@H](C)C1. The van der Waals surface area contributed by atoms with E-state index in [1.165, 1.54) is 37.1 Å². The number of hydrogen-bond donors (Lipinski definition) is 0. The average molecular weight is 170 g/mol. The number of nitrogens with zero attached hydrogens (tertiary/aromatic N) is 1. The van der Waals surface area contributed by atoms with Crippen LogP contribution in [-0.4, -0.2) is 30.7 Å². The number of quaternary nitrogens is 1. The lowest BCUT2D eigenvalue weighted by molar-refractivity contribution is -0.935. The van der Waals surface area contributed by atoms with Crippen LogP contribution in [0.1, 0.15) is 34.1 Å². The third-order valence-electron chi connectivity index (χ3n) is 3.54. The maximum atomic E-state index is 2.41. The third-order valence-corrected chi connectivity index (χ3v) is 3.54. The van der Waals surface area contributed by atoms with Crippen LogP contribution in [0, 0.1) is 11.8 Å². The summed E-state index contributed by atoms with van der Waals surface area (Å²) in [6.07, 6.45) is 1.44. The van der Waals surface area contributed by atoms with Crippen LogP contribution in [0.15, 0.2) is 0 Å². The highest BCUT2D eigenvalue weighted by atomic mass is 15.4. The molecular formula is C11H24N+. The van der Waals surface area contributed by atoms with Crippen LogP contribution >= 0.6 is 0 Å². The molecule has 1 rings (SSSR count). The molecule has 0 radical (unpaired) electrons. The highest BCUT2D eigenvalue weighted by molar-refractivity contribution is 4.65. The summed E-state index contributed by atoms with van der Waals surface area (Å²) in [5, 5.41) is 0. The maximum absolute atomic E-state index is 2.41. The fraction of sp³-hybridized carbons (Fsp3) is 1.00. The summed E-state index contributed by atoms with van der Waals surface area (Å²) >= 11 is 0. The van der Waals surface area contributed by atoms with Gasteiger partial charge in [-0.3, -0.25) is 0 Å². The molecule has 1 aliphatic heterocycles. The second-order valence-electron chi connectivity index (χ2n) is 4.79. The lowest BCUT2D eigenvalue weighted by atomic mass is 9.90. The summed E-state index contributed by atoms with van der Waals surface area (Å²) in [5.41, 5.74) is 0. The molecule has 72 valence electrons. The Balaban J connectivity index is 2.62. The van der Waals surface area contributed by atoms with E-state index >= 15 is 0 Å². The van der Waals surface area contributed by atoms with Crippen LogP contribution in [0.25, 0.3) is 0 Å². The number of piperidine rings is 1. The molecule has 0 aromatic heterocycles. The van der Waals surface area contributed by atoms with Gasteiger partial charge in [0, 0.05) is 11.8 Å². The topological polar surface area (TPSA) is 0 Å².